The lowest BCUT2D eigenvalue weighted by atomic mass is 10.2. The number of nitrogens with one attached hydrogen (secondary N) is 1. The molecule has 0 spiro atoms. The van der Waals surface area contributed by atoms with Gasteiger partial charge in [-0.2, -0.15) is 0 Å². The molecule has 1 N–H and O–H groups in total. The summed E-state index contributed by atoms with van der Waals surface area (Å²) >= 11 is 0. The van der Waals surface area contributed by atoms with Crippen molar-refractivity contribution < 1.29 is 19.1 Å². The first-order chi connectivity index (χ1) is 9.10. The van der Waals surface area contributed by atoms with Crippen LogP contribution in [0.15, 0.2) is 0 Å². The Bertz CT molecular complexity index is 305. The predicted molar refractivity (Wildman–Crippen MR) is 70.7 cm³/mol. The van der Waals surface area contributed by atoms with Gasteiger partial charge in [-0.3, -0.25) is 9.69 Å². The Kier molecular flexibility index (Phi) is 6.80. The standard InChI is InChI=1S/C13H24N2O4/c1-4-10(5-2)14-12(16)9-15-6-7-19-11(8-15)13(17)18-3/h10-11H,4-9H2,1-3H3,(H,14,16). The van der Waals surface area contributed by atoms with Gasteiger partial charge in [0.25, 0.3) is 0 Å². The number of rotatable bonds is 6. The zero-order chi connectivity index (χ0) is 14.3. The Morgan fingerprint density at radius 3 is 2.68 bits per heavy atom. The molecule has 0 aromatic heterocycles. The van der Waals surface area contributed by atoms with Crippen LogP contribution in [0.4, 0.5) is 0 Å². The van der Waals surface area contributed by atoms with Crippen LogP contribution in [0.2, 0.25) is 0 Å². The van der Waals surface area contributed by atoms with E-state index in [1.54, 1.807) is 0 Å². The highest BCUT2D eigenvalue weighted by atomic mass is 16.6. The maximum Gasteiger partial charge on any atom is 0.336 e. The van der Waals surface area contributed by atoms with Crippen LogP contribution in [-0.4, -0.2) is 62.3 Å². The van der Waals surface area contributed by atoms with Gasteiger partial charge in [0.1, 0.15) is 0 Å². The molecular weight excluding hydrogens is 248 g/mol. The lowest BCUT2D eigenvalue weighted by Gasteiger charge is -2.31. The number of carbonyl (C=O) groups excluding carboxylic acids is 2. The fourth-order valence-electron chi connectivity index (χ4n) is 2.09. The minimum atomic E-state index is -0.584. The van der Waals surface area contributed by atoms with Crippen molar-refractivity contribution in [3.8, 4) is 0 Å². The summed E-state index contributed by atoms with van der Waals surface area (Å²) in [6.07, 6.45) is 1.27. The van der Waals surface area contributed by atoms with Crippen molar-refractivity contribution in [1.29, 1.82) is 0 Å². The summed E-state index contributed by atoms with van der Waals surface area (Å²) in [7, 11) is 1.34. The van der Waals surface area contributed by atoms with E-state index in [2.05, 4.69) is 23.9 Å². The molecule has 1 aliphatic heterocycles. The Labute approximate surface area is 114 Å². The van der Waals surface area contributed by atoms with Crippen LogP contribution in [-0.2, 0) is 19.1 Å². The van der Waals surface area contributed by atoms with E-state index in [4.69, 9.17) is 4.74 Å². The van der Waals surface area contributed by atoms with Gasteiger partial charge in [-0.1, -0.05) is 13.8 Å². The number of nitrogens with zero attached hydrogens (tertiary/aromatic N) is 1. The number of amides is 1. The van der Waals surface area contributed by atoms with Gasteiger partial charge in [0.05, 0.1) is 20.3 Å². The van der Waals surface area contributed by atoms with Crippen LogP contribution >= 0.6 is 0 Å². The third-order valence-electron chi connectivity index (χ3n) is 3.33. The van der Waals surface area contributed by atoms with Crippen molar-refractivity contribution in [3.05, 3.63) is 0 Å². The largest absolute Gasteiger partial charge is 0.467 e. The van der Waals surface area contributed by atoms with Crippen LogP contribution in [0.1, 0.15) is 26.7 Å². The van der Waals surface area contributed by atoms with Crippen LogP contribution < -0.4 is 5.32 Å². The van der Waals surface area contributed by atoms with E-state index in [-0.39, 0.29) is 17.9 Å². The van der Waals surface area contributed by atoms with E-state index in [9.17, 15) is 9.59 Å². The minimum Gasteiger partial charge on any atom is -0.467 e. The molecule has 0 bridgehead atoms. The Balaban J connectivity index is 2.39. The first kappa shape index (κ1) is 15.9. The number of hydrogen-bond acceptors (Lipinski definition) is 5. The molecule has 1 atom stereocenters. The van der Waals surface area contributed by atoms with E-state index in [0.717, 1.165) is 12.8 Å². The summed E-state index contributed by atoms with van der Waals surface area (Å²) < 4.78 is 9.97. The Hall–Kier alpha value is -1.14. The van der Waals surface area contributed by atoms with Crippen LogP contribution in [0.25, 0.3) is 0 Å². The molecular formula is C13H24N2O4. The quantitative estimate of drug-likeness (QED) is 0.698. The predicted octanol–water partition coefficient (Wildman–Crippen LogP) is 0.165. The summed E-state index contributed by atoms with van der Waals surface area (Å²) in [5.74, 6) is -0.385. The molecule has 6 heteroatoms. The number of methoxy groups -OCH3 is 1. The average molecular weight is 272 g/mol. The summed E-state index contributed by atoms with van der Waals surface area (Å²) in [5.41, 5.74) is 0. The zero-order valence-corrected chi connectivity index (χ0v) is 12.0. The molecule has 6 nitrogen and oxygen atoms in total. The van der Waals surface area contributed by atoms with Gasteiger partial charge in [0.2, 0.25) is 5.91 Å². The molecule has 1 saturated heterocycles. The maximum atomic E-state index is 11.9. The smallest absolute Gasteiger partial charge is 0.336 e. The van der Waals surface area contributed by atoms with E-state index in [1.807, 2.05) is 4.90 Å². The Morgan fingerprint density at radius 2 is 2.11 bits per heavy atom. The van der Waals surface area contributed by atoms with Crippen molar-refractivity contribution in [3.63, 3.8) is 0 Å². The topological polar surface area (TPSA) is 67.9 Å². The van der Waals surface area contributed by atoms with Crippen molar-refractivity contribution >= 4 is 11.9 Å². The van der Waals surface area contributed by atoms with Crippen molar-refractivity contribution in [1.82, 2.24) is 10.2 Å². The molecule has 1 aliphatic rings. The molecule has 110 valence electrons. The van der Waals surface area contributed by atoms with Gasteiger partial charge in [0, 0.05) is 19.1 Å². The average Bonchev–Trinajstić information content (AvgIpc) is 2.44. The fraction of sp³-hybridized carbons (Fsp3) is 0.846. The normalized spacial score (nSPS) is 20.3. The zero-order valence-electron chi connectivity index (χ0n) is 12.0. The van der Waals surface area contributed by atoms with E-state index in [1.165, 1.54) is 7.11 Å². The Morgan fingerprint density at radius 1 is 1.42 bits per heavy atom. The van der Waals surface area contributed by atoms with Gasteiger partial charge >= 0.3 is 5.97 Å². The SMILES string of the molecule is CCC(CC)NC(=O)CN1CCOC(C(=O)OC)C1. The molecule has 19 heavy (non-hydrogen) atoms. The monoisotopic (exact) mass is 272 g/mol. The number of morpholine rings is 1. The van der Waals surface area contributed by atoms with Crippen LogP contribution in [0.3, 0.4) is 0 Å². The minimum absolute atomic E-state index is 0.000726. The number of carbonyl (C=O) groups is 2. The van der Waals surface area contributed by atoms with E-state index < -0.39 is 6.10 Å². The van der Waals surface area contributed by atoms with Gasteiger partial charge in [0.15, 0.2) is 6.10 Å². The molecule has 1 amide bonds. The molecule has 0 aliphatic carbocycles. The van der Waals surface area contributed by atoms with Crippen molar-refractivity contribution in [2.24, 2.45) is 0 Å². The second-order valence-electron chi connectivity index (χ2n) is 4.70. The van der Waals surface area contributed by atoms with Gasteiger partial charge in [-0.15, -0.1) is 0 Å². The molecule has 1 fully saturated rings. The van der Waals surface area contributed by atoms with E-state index in [0.29, 0.717) is 26.2 Å². The summed E-state index contributed by atoms with van der Waals surface area (Å²) in [6, 6.07) is 0.227. The van der Waals surface area contributed by atoms with Crippen molar-refractivity contribution in [2.45, 2.75) is 38.8 Å². The van der Waals surface area contributed by atoms with E-state index >= 15 is 0 Å². The molecule has 0 aromatic carbocycles. The molecule has 0 radical (unpaired) electrons. The molecule has 0 aromatic rings. The highest BCUT2D eigenvalue weighted by molar-refractivity contribution is 5.79. The molecule has 1 heterocycles. The fourth-order valence-corrected chi connectivity index (χ4v) is 2.09. The van der Waals surface area contributed by atoms with Crippen molar-refractivity contribution in [2.75, 3.05) is 33.4 Å². The van der Waals surface area contributed by atoms with Crippen LogP contribution in [0, 0.1) is 0 Å². The lowest BCUT2D eigenvalue weighted by Crippen LogP contribution is -2.50. The van der Waals surface area contributed by atoms with Gasteiger partial charge in [-0.05, 0) is 12.8 Å². The van der Waals surface area contributed by atoms with Gasteiger partial charge in [-0.25, -0.2) is 4.79 Å². The second kappa shape index (κ2) is 8.12. The number of esters is 1. The summed E-state index contributed by atoms with van der Waals surface area (Å²) in [4.78, 5) is 25.2. The molecule has 0 saturated carbocycles. The summed E-state index contributed by atoms with van der Waals surface area (Å²) in [5, 5.41) is 2.98. The molecule has 1 unspecified atom stereocenters. The maximum absolute atomic E-state index is 11.9. The summed E-state index contributed by atoms with van der Waals surface area (Å²) in [6.45, 7) is 5.91. The number of ether oxygens (including phenoxy) is 2. The molecule has 1 rings (SSSR count). The highest BCUT2D eigenvalue weighted by Gasteiger charge is 2.28. The second-order valence-corrected chi connectivity index (χ2v) is 4.70. The first-order valence-electron chi connectivity index (χ1n) is 6.81. The first-order valence-corrected chi connectivity index (χ1v) is 6.81. The van der Waals surface area contributed by atoms with Crippen LogP contribution in [0.5, 0.6) is 0 Å². The lowest BCUT2D eigenvalue weighted by molar-refractivity contribution is -0.160. The number of hydrogen-bond donors (Lipinski definition) is 1. The van der Waals surface area contributed by atoms with Gasteiger partial charge < -0.3 is 14.8 Å². The highest BCUT2D eigenvalue weighted by Crippen LogP contribution is 2.06. The third-order valence-corrected chi connectivity index (χ3v) is 3.33. The third kappa shape index (κ3) is 5.16.